The fourth-order valence-electron chi connectivity index (χ4n) is 2.06. The zero-order valence-electron chi connectivity index (χ0n) is 11.6. The van der Waals surface area contributed by atoms with E-state index < -0.39 is 27.4 Å². The number of alkyl halides is 3. The second-order valence-electron chi connectivity index (χ2n) is 5.55. The number of hydrogen-bond acceptors (Lipinski definition) is 3. The largest absolute Gasteiger partial charge is 0.416 e. The number of aliphatic hydroxyl groups is 1. The first-order chi connectivity index (χ1) is 9.47. The maximum Gasteiger partial charge on any atom is 0.416 e. The standard InChI is InChI=1S/C13H16F3NO3S/c1-9(2)12(18)7-17(8-12)21(19,20)11-5-3-10(4-6-11)13(14,15)16/h3-6,9,18H,7-8H2,1-2H3. The first kappa shape index (κ1) is 16.3. The summed E-state index contributed by atoms with van der Waals surface area (Å²) in [5.41, 5.74) is -1.97. The molecule has 4 nitrogen and oxygen atoms in total. The summed E-state index contributed by atoms with van der Waals surface area (Å²) in [7, 11) is -3.86. The molecule has 1 heterocycles. The SMILES string of the molecule is CC(C)C1(O)CN(S(=O)(=O)c2ccc(C(F)(F)F)cc2)C1. The Bertz CT molecular complexity index is 617. The van der Waals surface area contributed by atoms with E-state index in [2.05, 4.69) is 0 Å². The van der Waals surface area contributed by atoms with E-state index in [-0.39, 0.29) is 23.9 Å². The van der Waals surface area contributed by atoms with Crippen molar-refractivity contribution in [3.05, 3.63) is 29.8 Å². The lowest BCUT2D eigenvalue weighted by molar-refractivity contribution is -0.137. The van der Waals surface area contributed by atoms with Crippen molar-refractivity contribution in [2.75, 3.05) is 13.1 Å². The van der Waals surface area contributed by atoms with Gasteiger partial charge in [0.25, 0.3) is 0 Å². The summed E-state index contributed by atoms with van der Waals surface area (Å²) in [4.78, 5) is -0.207. The van der Waals surface area contributed by atoms with E-state index in [4.69, 9.17) is 0 Å². The molecule has 1 N–H and O–H groups in total. The Labute approximate surface area is 121 Å². The fourth-order valence-corrected chi connectivity index (χ4v) is 3.63. The summed E-state index contributed by atoms with van der Waals surface area (Å²) in [6.45, 7) is 3.46. The predicted octanol–water partition coefficient (Wildman–Crippen LogP) is 2.10. The number of nitrogens with zero attached hydrogens (tertiary/aromatic N) is 1. The van der Waals surface area contributed by atoms with Gasteiger partial charge in [-0.2, -0.15) is 17.5 Å². The second-order valence-corrected chi connectivity index (χ2v) is 7.49. The summed E-state index contributed by atoms with van der Waals surface area (Å²) >= 11 is 0. The molecule has 0 radical (unpaired) electrons. The number of rotatable bonds is 3. The number of sulfonamides is 1. The molecule has 1 aliphatic heterocycles. The summed E-state index contributed by atoms with van der Waals surface area (Å²) in [6.07, 6.45) is -4.50. The lowest BCUT2D eigenvalue weighted by Gasteiger charge is -2.47. The van der Waals surface area contributed by atoms with Crippen LogP contribution in [0.2, 0.25) is 0 Å². The molecule has 1 saturated heterocycles. The lowest BCUT2D eigenvalue weighted by atomic mass is 9.85. The van der Waals surface area contributed by atoms with Crippen molar-refractivity contribution in [3.8, 4) is 0 Å². The van der Waals surface area contributed by atoms with Crippen LogP contribution in [0, 0.1) is 5.92 Å². The molecule has 1 fully saturated rings. The molecule has 21 heavy (non-hydrogen) atoms. The summed E-state index contributed by atoms with van der Waals surface area (Å²) < 4.78 is 62.9. The summed E-state index contributed by atoms with van der Waals surface area (Å²) in [5.74, 6) is -0.100. The molecule has 0 atom stereocenters. The van der Waals surface area contributed by atoms with Crippen molar-refractivity contribution in [3.63, 3.8) is 0 Å². The molecular formula is C13H16F3NO3S. The van der Waals surface area contributed by atoms with Gasteiger partial charge in [0.2, 0.25) is 10.0 Å². The fraction of sp³-hybridized carbons (Fsp3) is 0.538. The van der Waals surface area contributed by atoms with E-state index in [9.17, 15) is 26.7 Å². The highest BCUT2D eigenvalue weighted by Crippen LogP contribution is 2.34. The minimum atomic E-state index is -4.50. The van der Waals surface area contributed by atoms with Gasteiger partial charge in [0, 0.05) is 13.1 Å². The third-order valence-electron chi connectivity index (χ3n) is 3.79. The van der Waals surface area contributed by atoms with Crippen molar-refractivity contribution in [1.82, 2.24) is 4.31 Å². The lowest BCUT2D eigenvalue weighted by Crippen LogP contribution is -2.65. The Morgan fingerprint density at radius 3 is 2.05 bits per heavy atom. The van der Waals surface area contributed by atoms with Crippen LogP contribution in [0.4, 0.5) is 13.2 Å². The van der Waals surface area contributed by atoms with E-state index in [1.807, 2.05) is 0 Å². The molecule has 0 aromatic heterocycles. The minimum Gasteiger partial charge on any atom is -0.387 e. The maximum atomic E-state index is 12.4. The van der Waals surface area contributed by atoms with Crippen molar-refractivity contribution >= 4 is 10.0 Å². The molecule has 1 aliphatic rings. The molecule has 0 aliphatic carbocycles. The van der Waals surface area contributed by atoms with E-state index in [0.717, 1.165) is 28.6 Å². The van der Waals surface area contributed by atoms with Gasteiger partial charge in [-0.25, -0.2) is 8.42 Å². The van der Waals surface area contributed by atoms with Crippen LogP contribution in [0.5, 0.6) is 0 Å². The van der Waals surface area contributed by atoms with Gasteiger partial charge in [0.05, 0.1) is 16.1 Å². The Hall–Kier alpha value is -1.12. The Balaban J connectivity index is 2.19. The molecular weight excluding hydrogens is 307 g/mol. The van der Waals surface area contributed by atoms with E-state index >= 15 is 0 Å². The molecule has 0 saturated carbocycles. The average molecular weight is 323 g/mol. The number of benzene rings is 1. The molecule has 1 aromatic rings. The van der Waals surface area contributed by atoms with Crippen molar-refractivity contribution in [2.24, 2.45) is 5.92 Å². The topological polar surface area (TPSA) is 57.6 Å². The summed E-state index contributed by atoms with van der Waals surface area (Å²) in [6, 6.07) is 3.35. The zero-order chi connectivity index (χ0) is 16.1. The highest BCUT2D eigenvalue weighted by atomic mass is 32.2. The number of halogens is 3. The quantitative estimate of drug-likeness (QED) is 0.927. The minimum absolute atomic E-state index is 0.0476. The van der Waals surface area contributed by atoms with Crippen LogP contribution in [-0.4, -0.2) is 36.5 Å². The normalized spacial score (nSPS) is 19.6. The molecule has 0 bridgehead atoms. The second kappa shape index (κ2) is 4.96. The highest BCUT2D eigenvalue weighted by molar-refractivity contribution is 7.89. The van der Waals surface area contributed by atoms with E-state index in [1.54, 1.807) is 13.8 Å². The van der Waals surface area contributed by atoms with Crippen LogP contribution in [0.1, 0.15) is 19.4 Å². The molecule has 0 amide bonds. The third kappa shape index (κ3) is 2.93. The third-order valence-corrected chi connectivity index (χ3v) is 5.60. The van der Waals surface area contributed by atoms with Gasteiger partial charge in [0.15, 0.2) is 0 Å². The first-order valence-electron chi connectivity index (χ1n) is 6.36. The van der Waals surface area contributed by atoms with Gasteiger partial charge in [-0.05, 0) is 30.2 Å². The Morgan fingerprint density at radius 1 is 1.19 bits per heavy atom. The van der Waals surface area contributed by atoms with Crippen LogP contribution in [0.15, 0.2) is 29.2 Å². The van der Waals surface area contributed by atoms with Crippen molar-refractivity contribution in [2.45, 2.75) is 30.5 Å². The van der Waals surface area contributed by atoms with E-state index in [0.29, 0.717) is 0 Å². The highest BCUT2D eigenvalue weighted by Gasteiger charge is 2.49. The molecule has 2 rings (SSSR count). The van der Waals surface area contributed by atoms with Gasteiger partial charge < -0.3 is 5.11 Å². The van der Waals surface area contributed by atoms with Crippen LogP contribution >= 0.6 is 0 Å². The molecule has 118 valence electrons. The van der Waals surface area contributed by atoms with Gasteiger partial charge in [-0.1, -0.05) is 13.8 Å². The van der Waals surface area contributed by atoms with Crippen molar-refractivity contribution < 1.29 is 26.7 Å². The zero-order valence-corrected chi connectivity index (χ0v) is 12.4. The Kier molecular flexibility index (Phi) is 3.84. The predicted molar refractivity (Wildman–Crippen MR) is 70.0 cm³/mol. The molecule has 0 spiro atoms. The summed E-state index contributed by atoms with van der Waals surface area (Å²) in [5, 5.41) is 10.1. The van der Waals surface area contributed by atoms with Crippen LogP contribution in [0.3, 0.4) is 0 Å². The van der Waals surface area contributed by atoms with Crippen LogP contribution < -0.4 is 0 Å². The molecule has 8 heteroatoms. The maximum absolute atomic E-state index is 12.4. The average Bonchev–Trinajstić information content (AvgIpc) is 2.33. The van der Waals surface area contributed by atoms with Gasteiger partial charge in [-0.15, -0.1) is 0 Å². The number of β-amino-alcohol motifs (C(OH)–C–C–N with tert-alkyl or cyclic N) is 1. The first-order valence-corrected chi connectivity index (χ1v) is 7.80. The number of hydrogen-bond donors (Lipinski definition) is 1. The van der Waals surface area contributed by atoms with Gasteiger partial charge >= 0.3 is 6.18 Å². The van der Waals surface area contributed by atoms with Gasteiger partial charge in [-0.3, -0.25) is 0 Å². The van der Waals surface area contributed by atoms with Crippen LogP contribution in [-0.2, 0) is 16.2 Å². The monoisotopic (exact) mass is 323 g/mol. The van der Waals surface area contributed by atoms with Crippen molar-refractivity contribution in [1.29, 1.82) is 0 Å². The molecule has 1 aromatic carbocycles. The molecule has 0 unspecified atom stereocenters. The van der Waals surface area contributed by atoms with Gasteiger partial charge in [0.1, 0.15) is 0 Å². The van der Waals surface area contributed by atoms with E-state index in [1.165, 1.54) is 0 Å². The Morgan fingerprint density at radius 2 is 1.67 bits per heavy atom. The van der Waals surface area contributed by atoms with Crippen LogP contribution in [0.25, 0.3) is 0 Å². The smallest absolute Gasteiger partial charge is 0.387 e.